The molecule has 0 aliphatic carbocycles. The van der Waals surface area contributed by atoms with Gasteiger partial charge in [-0.3, -0.25) is 0 Å². The van der Waals surface area contributed by atoms with E-state index in [1.807, 2.05) is 24.3 Å². The molecule has 2 N–H and O–H groups in total. The first kappa shape index (κ1) is 23.0. The molecule has 172 valence electrons. The van der Waals surface area contributed by atoms with E-state index >= 15 is 0 Å². The maximum absolute atomic E-state index is 6.27. The van der Waals surface area contributed by atoms with Crippen molar-refractivity contribution >= 4 is 40.7 Å². The van der Waals surface area contributed by atoms with Crippen LogP contribution in [0.4, 0.5) is 11.8 Å². The van der Waals surface area contributed by atoms with Gasteiger partial charge in [0.2, 0.25) is 11.8 Å². The van der Waals surface area contributed by atoms with Crippen LogP contribution >= 0.6 is 23.8 Å². The molecule has 2 fully saturated rings. The molecule has 0 radical (unpaired) electrons. The van der Waals surface area contributed by atoms with Crippen LogP contribution in [-0.2, 0) is 14.9 Å². The first-order valence-electron chi connectivity index (χ1n) is 10.7. The molecule has 1 aromatic carbocycles. The first-order chi connectivity index (χ1) is 15.6. The Morgan fingerprint density at radius 3 is 2.62 bits per heavy atom. The van der Waals surface area contributed by atoms with Crippen molar-refractivity contribution in [1.82, 2.24) is 15.3 Å². The van der Waals surface area contributed by atoms with E-state index in [9.17, 15) is 0 Å². The third-order valence-electron chi connectivity index (χ3n) is 5.93. The van der Waals surface area contributed by atoms with E-state index in [1.54, 1.807) is 7.11 Å². The summed E-state index contributed by atoms with van der Waals surface area (Å²) in [5, 5.41) is 7.67. The van der Waals surface area contributed by atoms with Crippen molar-refractivity contribution in [2.24, 2.45) is 0 Å². The lowest BCUT2D eigenvalue weighted by molar-refractivity contribution is 0.0515. The van der Waals surface area contributed by atoms with E-state index in [4.69, 9.17) is 38.0 Å². The molecule has 0 bridgehead atoms. The molecule has 8 nitrogen and oxygen atoms in total. The zero-order valence-electron chi connectivity index (χ0n) is 18.1. The largest absolute Gasteiger partial charge is 0.481 e. The molecule has 3 heterocycles. The minimum atomic E-state index is -0.108. The number of hydrogen-bond donors (Lipinski definition) is 2. The van der Waals surface area contributed by atoms with Gasteiger partial charge in [-0.25, -0.2) is 0 Å². The van der Waals surface area contributed by atoms with Crippen molar-refractivity contribution in [1.29, 1.82) is 0 Å². The molecule has 1 aromatic heterocycles. The highest BCUT2D eigenvalue weighted by Crippen LogP contribution is 2.35. The van der Waals surface area contributed by atoms with Gasteiger partial charge in [-0.05, 0) is 42.8 Å². The highest BCUT2D eigenvalue weighted by atomic mass is 35.5. The van der Waals surface area contributed by atoms with Crippen LogP contribution in [0.1, 0.15) is 18.4 Å². The van der Waals surface area contributed by atoms with Gasteiger partial charge in [-0.15, -0.1) is 0 Å². The van der Waals surface area contributed by atoms with Gasteiger partial charge in [0.05, 0.1) is 20.3 Å². The van der Waals surface area contributed by atoms with Crippen molar-refractivity contribution in [2.75, 3.05) is 63.4 Å². The summed E-state index contributed by atoms with van der Waals surface area (Å²) in [6.07, 6.45) is 1.78. The number of methoxy groups -OCH3 is 1. The minimum absolute atomic E-state index is 0.108. The lowest BCUT2D eigenvalue weighted by atomic mass is 9.74. The van der Waals surface area contributed by atoms with Gasteiger partial charge >= 0.3 is 0 Å². The van der Waals surface area contributed by atoms with Crippen LogP contribution in [0.25, 0.3) is 0 Å². The molecule has 4 rings (SSSR count). The van der Waals surface area contributed by atoms with Crippen LogP contribution in [0.3, 0.4) is 0 Å². The SMILES string of the molecule is COc1cc(N2CCOCC2)nc(NC(=S)NCC2(c3cccc(Cl)c3)CCOCC2)n1. The molecule has 0 saturated carbocycles. The van der Waals surface area contributed by atoms with Gasteiger partial charge in [0.25, 0.3) is 0 Å². The Kier molecular flexibility index (Phi) is 7.62. The van der Waals surface area contributed by atoms with Gasteiger partial charge in [0.1, 0.15) is 5.82 Å². The number of benzene rings is 1. The number of halogens is 1. The Hall–Kier alpha value is -2.20. The number of ether oxygens (including phenoxy) is 3. The highest BCUT2D eigenvalue weighted by molar-refractivity contribution is 7.80. The minimum Gasteiger partial charge on any atom is -0.481 e. The molecule has 10 heteroatoms. The number of nitrogens with zero attached hydrogens (tertiary/aromatic N) is 3. The van der Waals surface area contributed by atoms with E-state index in [0.717, 1.165) is 36.8 Å². The Bertz CT molecular complexity index is 936. The average molecular weight is 478 g/mol. The van der Waals surface area contributed by atoms with Crippen LogP contribution in [0.5, 0.6) is 5.88 Å². The Balaban J connectivity index is 1.45. The number of rotatable bonds is 6. The fraction of sp³-hybridized carbons (Fsp3) is 0.500. The summed E-state index contributed by atoms with van der Waals surface area (Å²) in [6.45, 7) is 4.95. The monoisotopic (exact) mass is 477 g/mol. The number of aromatic nitrogens is 2. The molecule has 0 unspecified atom stereocenters. The number of anilines is 2. The molecule has 32 heavy (non-hydrogen) atoms. The van der Waals surface area contributed by atoms with Gasteiger partial charge in [0, 0.05) is 49.4 Å². The van der Waals surface area contributed by atoms with Crippen LogP contribution in [0.15, 0.2) is 30.3 Å². The van der Waals surface area contributed by atoms with Crippen molar-refractivity contribution in [3.63, 3.8) is 0 Å². The first-order valence-corrected chi connectivity index (χ1v) is 11.5. The predicted octanol–water partition coefficient (Wildman–Crippen LogP) is 3.01. The van der Waals surface area contributed by atoms with Gasteiger partial charge in [-0.1, -0.05) is 23.7 Å². The zero-order chi connectivity index (χ0) is 22.4. The summed E-state index contributed by atoms with van der Waals surface area (Å²) in [4.78, 5) is 11.2. The molecule has 0 spiro atoms. The van der Waals surface area contributed by atoms with Crippen molar-refractivity contribution in [3.8, 4) is 5.88 Å². The molecular weight excluding hydrogens is 450 g/mol. The molecule has 2 aliphatic heterocycles. The smallest absolute Gasteiger partial charge is 0.234 e. The third-order valence-corrected chi connectivity index (χ3v) is 6.41. The van der Waals surface area contributed by atoms with Gasteiger partial charge < -0.3 is 29.7 Å². The van der Waals surface area contributed by atoms with E-state index in [2.05, 4.69) is 31.6 Å². The fourth-order valence-electron chi connectivity index (χ4n) is 4.07. The maximum atomic E-state index is 6.27. The van der Waals surface area contributed by atoms with Crippen molar-refractivity contribution < 1.29 is 14.2 Å². The van der Waals surface area contributed by atoms with Crippen LogP contribution in [0.2, 0.25) is 5.02 Å². The molecule has 0 amide bonds. The zero-order valence-corrected chi connectivity index (χ0v) is 19.7. The Morgan fingerprint density at radius 2 is 1.91 bits per heavy atom. The second kappa shape index (κ2) is 10.6. The van der Waals surface area contributed by atoms with Crippen molar-refractivity contribution in [3.05, 3.63) is 40.9 Å². The lowest BCUT2D eigenvalue weighted by Crippen LogP contribution is -2.45. The number of hydrogen-bond acceptors (Lipinski definition) is 7. The number of nitrogens with one attached hydrogen (secondary N) is 2. The summed E-state index contributed by atoms with van der Waals surface area (Å²) < 4.78 is 16.4. The quantitative estimate of drug-likeness (QED) is 0.610. The Morgan fingerprint density at radius 1 is 1.16 bits per heavy atom. The summed E-state index contributed by atoms with van der Waals surface area (Å²) in [6, 6.07) is 9.86. The van der Waals surface area contributed by atoms with Gasteiger partial charge in [0.15, 0.2) is 5.11 Å². The summed E-state index contributed by atoms with van der Waals surface area (Å²) in [7, 11) is 1.59. The van der Waals surface area contributed by atoms with Crippen LogP contribution in [-0.4, -0.2) is 68.3 Å². The molecule has 2 saturated heterocycles. The maximum Gasteiger partial charge on any atom is 0.234 e. The second-order valence-corrected chi connectivity index (χ2v) is 8.75. The summed E-state index contributed by atoms with van der Waals surface area (Å²) in [5.41, 5.74) is 1.08. The van der Waals surface area contributed by atoms with Crippen LogP contribution < -0.4 is 20.3 Å². The Labute approximate surface area is 198 Å². The lowest BCUT2D eigenvalue weighted by Gasteiger charge is -2.38. The van der Waals surface area contributed by atoms with Crippen LogP contribution in [0, 0.1) is 0 Å². The normalized spacial score (nSPS) is 18.1. The van der Waals surface area contributed by atoms with E-state index < -0.39 is 0 Å². The topological polar surface area (TPSA) is 80.8 Å². The standard InChI is InChI=1S/C22H28ClN5O3S/c1-29-19-14-18(28-7-11-31-12-8-28)25-20(26-19)27-21(32)24-15-22(5-9-30-10-6-22)16-3-2-4-17(23)13-16/h2-4,13-14H,5-12,15H2,1H3,(H2,24,25,26,27,32). The van der Waals surface area contributed by atoms with Gasteiger partial charge in [-0.2, -0.15) is 9.97 Å². The fourth-order valence-corrected chi connectivity index (χ4v) is 4.42. The van der Waals surface area contributed by atoms with E-state index in [-0.39, 0.29) is 5.41 Å². The second-order valence-electron chi connectivity index (χ2n) is 7.90. The predicted molar refractivity (Wildman–Crippen MR) is 129 cm³/mol. The van der Waals surface area contributed by atoms with Crippen molar-refractivity contribution in [2.45, 2.75) is 18.3 Å². The molecule has 0 atom stereocenters. The molecule has 2 aromatic rings. The summed E-state index contributed by atoms with van der Waals surface area (Å²) >= 11 is 11.8. The number of morpholine rings is 1. The summed E-state index contributed by atoms with van der Waals surface area (Å²) in [5.74, 6) is 1.66. The highest BCUT2D eigenvalue weighted by Gasteiger charge is 2.34. The van der Waals surface area contributed by atoms with E-state index in [0.29, 0.717) is 49.9 Å². The number of thiocarbonyl (C=S) groups is 1. The van der Waals surface area contributed by atoms with E-state index in [1.165, 1.54) is 5.56 Å². The molecule has 2 aliphatic rings. The average Bonchev–Trinajstić information content (AvgIpc) is 2.83. The molecular formula is C22H28ClN5O3S. The third kappa shape index (κ3) is 5.58.